The highest BCUT2D eigenvalue weighted by atomic mass is 15.1. The Morgan fingerprint density at radius 1 is 1.40 bits per heavy atom. The van der Waals surface area contributed by atoms with E-state index in [0.717, 1.165) is 12.6 Å². The molecule has 84 valence electrons. The summed E-state index contributed by atoms with van der Waals surface area (Å²) in [5.41, 5.74) is 0. The van der Waals surface area contributed by atoms with Crippen molar-refractivity contribution in [3.63, 3.8) is 0 Å². The fourth-order valence-corrected chi connectivity index (χ4v) is 2.44. The van der Waals surface area contributed by atoms with Gasteiger partial charge in [0.1, 0.15) is 0 Å². The summed E-state index contributed by atoms with van der Waals surface area (Å²) < 4.78 is 2.14. The lowest BCUT2D eigenvalue weighted by molar-refractivity contribution is 0.328. The quantitative estimate of drug-likeness (QED) is 0.820. The van der Waals surface area contributed by atoms with Gasteiger partial charge in [0, 0.05) is 31.0 Å². The maximum atomic E-state index is 4.06. The molecule has 1 aromatic heterocycles. The molecule has 3 heteroatoms. The lowest BCUT2D eigenvalue weighted by atomic mass is 9.95. The Kier molecular flexibility index (Phi) is 3.78. The molecule has 15 heavy (non-hydrogen) atoms. The molecule has 1 aromatic rings. The average molecular weight is 207 g/mol. The highest BCUT2D eigenvalue weighted by Crippen LogP contribution is 2.17. The standard InChI is InChI=1S/C12H21N3/c1-11(9-15-8-7-13-10-15)14-12-5-3-2-4-6-12/h7-8,10-12,14H,2-6,9H2,1H3. The molecular formula is C12H21N3. The average Bonchev–Trinajstić information content (AvgIpc) is 2.71. The summed E-state index contributed by atoms with van der Waals surface area (Å²) in [6, 6.07) is 1.29. The number of hydrogen-bond donors (Lipinski definition) is 1. The minimum absolute atomic E-state index is 0.544. The highest BCUT2D eigenvalue weighted by Gasteiger charge is 2.15. The second kappa shape index (κ2) is 5.31. The molecule has 0 amide bonds. The van der Waals surface area contributed by atoms with Crippen LogP contribution in [0.1, 0.15) is 39.0 Å². The Hall–Kier alpha value is -0.830. The van der Waals surface area contributed by atoms with Gasteiger partial charge in [-0.3, -0.25) is 0 Å². The summed E-state index contributed by atoms with van der Waals surface area (Å²) in [5.74, 6) is 0. The molecule has 1 N–H and O–H groups in total. The van der Waals surface area contributed by atoms with Crippen molar-refractivity contribution in [2.75, 3.05) is 0 Å². The predicted octanol–water partition coefficient (Wildman–Crippen LogP) is 2.19. The van der Waals surface area contributed by atoms with E-state index in [9.17, 15) is 0 Å². The van der Waals surface area contributed by atoms with E-state index >= 15 is 0 Å². The Bertz CT molecular complexity index is 262. The molecular weight excluding hydrogens is 186 g/mol. The zero-order chi connectivity index (χ0) is 10.5. The summed E-state index contributed by atoms with van der Waals surface area (Å²) in [4.78, 5) is 4.06. The van der Waals surface area contributed by atoms with Crippen molar-refractivity contribution in [3.8, 4) is 0 Å². The lowest BCUT2D eigenvalue weighted by Crippen LogP contribution is -2.39. The van der Waals surface area contributed by atoms with Crippen LogP contribution in [-0.4, -0.2) is 21.6 Å². The van der Waals surface area contributed by atoms with Crippen LogP contribution < -0.4 is 5.32 Å². The van der Waals surface area contributed by atoms with Crippen LogP contribution in [0.2, 0.25) is 0 Å². The van der Waals surface area contributed by atoms with Gasteiger partial charge < -0.3 is 9.88 Å². The van der Waals surface area contributed by atoms with Crippen molar-refractivity contribution in [2.24, 2.45) is 0 Å². The van der Waals surface area contributed by atoms with Crippen molar-refractivity contribution in [2.45, 2.75) is 57.7 Å². The van der Waals surface area contributed by atoms with E-state index < -0.39 is 0 Å². The third-order valence-electron chi connectivity index (χ3n) is 3.17. The first-order chi connectivity index (χ1) is 7.34. The van der Waals surface area contributed by atoms with E-state index in [0.29, 0.717) is 6.04 Å². The number of imidazole rings is 1. The number of aromatic nitrogens is 2. The van der Waals surface area contributed by atoms with Crippen LogP contribution in [0.3, 0.4) is 0 Å². The molecule has 1 fully saturated rings. The molecule has 1 atom stereocenters. The predicted molar refractivity (Wildman–Crippen MR) is 61.7 cm³/mol. The van der Waals surface area contributed by atoms with Crippen LogP contribution in [0.4, 0.5) is 0 Å². The van der Waals surface area contributed by atoms with E-state index in [-0.39, 0.29) is 0 Å². The van der Waals surface area contributed by atoms with Crippen molar-refractivity contribution >= 4 is 0 Å². The van der Waals surface area contributed by atoms with Gasteiger partial charge in [-0.1, -0.05) is 19.3 Å². The summed E-state index contributed by atoms with van der Waals surface area (Å²) in [6.07, 6.45) is 12.7. The Morgan fingerprint density at radius 2 is 2.20 bits per heavy atom. The minimum atomic E-state index is 0.544. The Balaban J connectivity index is 1.74. The van der Waals surface area contributed by atoms with Gasteiger partial charge in [-0.25, -0.2) is 4.98 Å². The van der Waals surface area contributed by atoms with E-state index in [1.165, 1.54) is 32.1 Å². The minimum Gasteiger partial charge on any atom is -0.336 e. The topological polar surface area (TPSA) is 29.9 Å². The first-order valence-corrected chi connectivity index (χ1v) is 6.06. The van der Waals surface area contributed by atoms with E-state index in [1.54, 1.807) is 0 Å². The second-order valence-electron chi connectivity index (χ2n) is 4.66. The molecule has 1 unspecified atom stereocenters. The maximum absolute atomic E-state index is 4.06. The van der Waals surface area contributed by atoms with Crippen LogP contribution in [0.15, 0.2) is 18.7 Å². The lowest BCUT2D eigenvalue weighted by Gasteiger charge is -2.26. The summed E-state index contributed by atoms with van der Waals surface area (Å²) in [7, 11) is 0. The summed E-state index contributed by atoms with van der Waals surface area (Å²) in [5, 5.41) is 3.71. The molecule has 0 aliphatic heterocycles. The van der Waals surface area contributed by atoms with Crippen LogP contribution in [0.5, 0.6) is 0 Å². The summed E-state index contributed by atoms with van der Waals surface area (Å²) >= 11 is 0. The van der Waals surface area contributed by atoms with Crippen LogP contribution in [0, 0.1) is 0 Å². The number of rotatable bonds is 4. The van der Waals surface area contributed by atoms with Gasteiger partial charge >= 0.3 is 0 Å². The van der Waals surface area contributed by atoms with Crippen LogP contribution in [0.25, 0.3) is 0 Å². The number of hydrogen-bond acceptors (Lipinski definition) is 2. The van der Waals surface area contributed by atoms with Crippen LogP contribution >= 0.6 is 0 Å². The number of nitrogens with one attached hydrogen (secondary N) is 1. The van der Waals surface area contributed by atoms with Crippen LogP contribution in [-0.2, 0) is 6.54 Å². The fraction of sp³-hybridized carbons (Fsp3) is 0.750. The monoisotopic (exact) mass is 207 g/mol. The van der Waals surface area contributed by atoms with Gasteiger partial charge in [0.2, 0.25) is 0 Å². The molecule has 0 spiro atoms. The van der Waals surface area contributed by atoms with Gasteiger partial charge in [0.05, 0.1) is 6.33 Å². The van der Waals surface area contributed by atoms with Crippen molar-refractivity contribution in [1.82, 2.24) is 14.9 Å². The third kappa shape index (κ3) is 3.34. The molecule has 0 bridgehead atoms. The molecule has 0 saturated heterocycles. The summed E-state index contributed by atoms with van der Waals surface area (Å²) in [6.45, 7) is 3.28. The van der Waals surface area contributed by atoms with Gasteiger partial charge in [-0.2, -0.15) is 0 Å². The van der Waals surface area contributed by atoms with Crippen molar-refractivity contribution in [3.05, 3.63) is 18.7 Å². The smallest absolute Gasteiger partial charge is 0.0946 e. The maximum Gasteiger partial charge on any atom is 0.0946 e. The molecule has 1 aliphatic carbocycles. The molecule has 0 aromatic carbocycles. The molecule has 1 saturated carbocycles. The van der Waals surface area contributed by atoms with E-state index in [1.807, 2.05) is 18.7 Å². The van der Waals surface area contributed by atoms with E-state index in [2.05, 4.69) is 21.8 Å². The normalized spacial score (nSPS) is 20.3. The first kappa shape index (κ1) is 10.7. The van der Waals surface area contributed by atoms with Gasteiger partial charge in [0.15, 0.2) is 0 Å². The molecule has 1 aliphatic rings. The van der Waals surface area contributed by atoms with Crippen molar-refractivity contribution in [1.29, 1.82) is 0 Å². The first-order valence-electron chi connectivity index (χ1n) is 6.06. The highest BCUT2D eigenvalue weighted by molar-refractivity contribution is 4.79. The Labute approximate surface area is 91.9 Å². The van der Waals surface area contributed by atoms with E-state index in [4.69, 9.17) is 0 Å². The zero-order valence-electron chi connectivity index (χ0n) is 9.52. The SMILES string of the molecule is CC(Cn1ccnc1)NC1CCCCC1. The third-order valence-corrected chi connectivity index (χ3v) is 3.17. The molecule has 1 heterocycles. The largest absolute Gasteiger partial charge is 0.336 e. The van der Waals surface area contributed by atoms with Gasteiger partial charge in [-0.05, 0) is 19.8 Å². The fourth-order valence-electron chi connectivity index (χ4n) is 2.44. The number of nitrogens with zero attached hydrogens (tertiary/aromatic N) is 2. The second-order valence-corrected chi connectivity index (χ2v) is 4.66. The molecule has 2 rings (SSSR count). The molecule has 3 nitrogen and oxygen atoms in total. The Morgan fingerprint density at radius 3 is 2.87 bits per heavy atom. The molecule has 0 radical (unpaired) electrons. The van der Waals surface area contributed by atoms with Crippen molar-refractivity contribution < 1.29 is 0 Å². The zero-order valence-corrected chi connectivity index (χ0v) is 9.52. The van der Waals surface area contributed by atoms with Gasteiger partial charge in [-0.15, -0.1) is 0 Å². The van der Waals surface area contributed by atoms with Gasteiger partial charge in [0.25, 0.3) is 0 Å².